The fourth-order valence-corrected chi connectivity index (χ4v) is 2.05. The molecule has 0 atom stereocenters. The topological polar surface area (TPSA) is 86.9 Å². The quantitative estimate of drug-likeness (QED) is 0.689. The van der Waals surface area contributed by atoms with Crippen molar-refractivity contribution in [3.05, 3.63) is 59.9 Å². The van der Waals surface area contributed by atoms with Crippen molar-refractivity contribution in [1.82, 2.24) is 15.3 Å². The van der Waals surface area contributed by atoms with Crippen molar-refractivity contribution in [3.8, 4) is 0 Å². The van der Waals surface area contributed by atoms with E-state index in [4.69, 9.17) is 0 Å². The van der Waals surface area contributed by atoms with Gasteiger partial charge in [-0.15, -0.1) is 0 Å². The van der Waals surface area contributed by atoms with Gasteiger partial charge in [0.2, 0.25) is 11.9 Å². The van der Waals surface area contributed by atoms with Gasteiger partial charge < -0.3 is 10.3 Å². The zero-order valence-electron chi connectivity index (χ0n) is 12.0. The van der Waals surface area contributed by atoms with Crippen LogP contribution in [0.4, 0.5) is 10.3 Å². The molecule has 116 valence electrons. The van der Waals surface area contributed by atoms with Gasteiger partial charge in [-0.25, -0.2) is 9.37 Å². The largest absolute Gasteiger partial charge is 0.343 e. The third kappa shape index (κ3) is 3.52. The number of nitrogens with one attached hydrogen (secondary N) is 3. The zero-order valence-corrected chi connectivity index (χ0v) is 12.0. The lowest BCUT2D eigenvalue weighted by molar-refractivity contribution is -0.115. The number of benzene rings is 2. The number of imidazole rings is 1. The minimum absolute atomic E-state index is 0.215. The number of amides is 2. The van der Waals surface area contributed by atoms with E-state index in [-0.39, 0.29) is 12.1 Å². The molecule has 1 aromatic heterocycles. The van der Waals surface area contributed by atoms with Crippen LogP contribution in [0.25, 0.3) is 11.0 Å². The van der Waals surface area contributed by atoms with E-state index < -0.39 is 17.6 Å². The molecule has 2 aromatic carbocycles. The molecule has 0 spiro atoms. The molecule has 0 aliphatic rings. The summed E-state index contributed by atoms with van der Waals surface area (Å²) in [5.41, 5.74) is 1.82. The van der Waals surface area contributed by atoms with Gasteiger partial charge in [0.1, 0.15) is 5.82 Å². The molecule has 0 fully saturated rings. The number of nitrogens with zero attached hydrogens (tertiary/aromatic N) is 1. The molecule has 0 bridgehead atoms. The highest BCUT2D eigenvalue weighted by molar-refractivity contribution is 5.99. The molecule has 0 saturated carbocycles. The van der Waals surface area contributed by atoms with Gasteiger partial charge in [0.05, 0.1) is 17.6 Å². The summed E-state index contributed by atoms with van der Waals surface area (Å²) < 4.78 is 12.8. The number of carbonyl (C=O) groups excluding carboxylic acids is 2. The highest BCUT2D eigenvalue weighted by atomic mass is 19.1. The maximum absolute atomic E-state index is 12.8. The Kier molecular flexibility index (Phi) is 4.01. The second-order valence-electron chi connectivity index (χ2n) is 4.84. The number of carbonyl (C=O) groups is 2. The summed E-state index contributed by atoms with van der Waals surface area (Å²) in [4.78, 5) is 30.8. The van der Waals surface area contributed by atoms with Crippen molar-refractivity contribution >= 4 is 28.8 Å². The molecule has 1 heterocycles. The molecule has 0 radical (unpaired) electrons. The summed E-state index contributed by atoms with van der Waals surface area (Å²) in [6.07, 6.45) is 0. The Labute approximate surface area is 130 Å². The molecule has 0 saturated heterocycles. The van der Waals surface area contributed by atoms with Gasteiger partial charge in [0.25, 0.3) is 5.91 Å². The highest BCUT2D eigenvalue weighted by Crippen LogP contribution is 2.12. The molecule has 3 aromatic rings. The standard InChI is InChI=1S/C16H13FN4O2/c17-11-7-5-10(6-8-11)15(23)18-9-14(22)21-16-19-12-3-1-2-4-13(12)20-16/h1-8H,9H2,(H,18,23)(H2,19,20,21,22). The Hall–Kier alpha value is -3.22. The number of aromatic amines is 1. The van der Waals surface area contributed by atoms with Crippen molar-refractivity contribution in [1.29, 1.82) is 0 Å². The average molecular weight is 312 g/mol. The van der Waals surface area contributed by atoms with E-state index in [0.29, 0.717) is 5.95 Å². The van der Waals surface area contributed by atoms with Gasteiger partial charge in [-0.05, 0) is 36.4 Å². The van der Waals surface area contributed by atoms with Gasteiger partial charge in [-0.1, -0.05) is 12.1 Å². The number of rotatable bonds is 4. The number of aromatic nitrogens is 2. The highest BCUT2D eigenvalue weighted by Gasteiger charge is 2.10. The maximum Gasteiger partial charge on any atom is 0.251 e. The molecule has 7 heteroatoms. The van der Waals surface area contributed by atoms with E-state index >= 15 is 0 Å². The van der Waals surface area contributed by atoms with Crippen LogP contribution in [0.5, 0.6) is 0 Å². The van der Waals surface area contributed by atoms with Crippen molar-refractivity contribution in [2.45, 2.75) is 0 Å². The number of hydrogen-bond acceptors (Lipinski definition) is 3. The number of halogens is 1. The average Bonchev–Trinajstić information content (AvgIpc) is 2.95. The van der Waals surface area contributed by atoms with Crippen molar-refractivity contribution in [2.24, 2.45) is 0 Å². The number of para-hydroxylation sites is 2. The minimum atomic E-state index is -0.454. The number of hydrogen-bond donors (Lipinski definition) is 3. The third-order valence-corrected chi connectivity index (χ3v) is 3.16. The van der Waals surface area contributed by atoms with Gasteiger partial charge in [0, 0.05) is 5.56 Å². The first-order chi connectivity index (χ1) is 11.1. The molecule has 23 heavy (non-hydrogen) atoms. The summed E-state index contributed by atoms with van der Waals surface area (Å²) in [6, 6.07) is 12.4. The fraction of sp³-hybridized carbons (Fsp3) is 0.0625. The number of H-pyrrole nitrogens is 1. The van der Waals surface area contributed by atoms with Gasteiger partial charge in [0.15, 0.2) is 0 Å². The van der Waals surface area contributed by atoms with Crippen LogP contribution in [-0.2, 0) is 4.79 Å². The van der Waals surface area contributed by atoms with Crippen LogP contribution in [-0.4, -0.2) is 28.3 Å². The van der Waals surface area contributed by atoms with Crippen molar-refractivity contribution in [3.63, 3.8) is 0 Å². The smallest absolute Gasteiger partial charge is 0.251 e. The lowest BCUT2D eigenvalue weighted by Gasteiger charge is -2.05. The second kappa shape index (κ2) is 6.27. The lowest BCUT2D eigenvalue weighted by Crippen LogP contribution is -2.33. The summed E-state index contributed by atoms with van der Waals surface area (Å²) in [5, 5.41) is 5.02. The second-order valence-corrected chi connectivity index (χ2v) is 4.84. The molecule has 3 N–H and O–H groups in total. The Bertz CT molecular complexity index is 825. The Morgan fingerprint density at radius 1 is 1.09 bits per heavy atom. The summed E-state index contributed by atoms with van der Waals surface area (Å²) in [7, 11) is 0. The van der Waals surface area contributed by atoms with Crippen LogP contribution in [0, 0.1) is 5.82 Å². The van der Waals surface area contributed by atoms with Gasteiger partial charge in [-0.2, -0.15) is 0 Å². The SMILES string of the molecule is O=C(CNC(=O)c1ccc(F)cc1)Nc1nc2ccccc2[nH]1. The molecule has 0 unspecified atom stereocenters. The lowest BCUT2D eigenvalue weighted by atomic mass is 10.2. The maximum atomic E-state index is 12.8. The summed E-state index contributed by atoms with van der Waals surface area (Å²) in [5.74, 6) is -0.985. The molecule has 6 nitrogen and oxygen atoms in total. The van der Waals surface area contributed by atoms with E-state index in [2.05, 4.69) is 20.6 Å². The van der Waals surface area contributed by atoms with Crippen LogP contribution >= 0.6 is 0 Å². The Morgan fingerprint density at radius 3 is 2.57 bits per heavy atom. The first-order valence-corrected chi connectivity index (χ1v) is 6.90. The van der Waals surface area contributed by atoms with Crippen LogP contribution in [0.2, 0.25) is 0 Å². The fourth-order valence-electron chi connectivity index (χ4n) is 2.05. The van der Waals surface area contributed by atoms with Gasteiger partial charge in [-0.3, -0.25) is 14.9 Å². The number of anilines is 1. The third-order valence-electron chi connectivity index (χ3n) is 3.16. The van der Waals surface area contributed by atoms with E-state index in [9.17, 15) is 14.0 Å². The van der Waals surface area contributed by atoms with E-state index in [0.717, 1.165) is 11.0 Å². The monoisotopic (exact) mass is 312 g/mol. The predicted molar refractivity (Wildman–Crippen MR) is 83.5 cm³/mol. The van der Waals surface area contributed by atoms with Crippen LogP contribution in [0.15, 0.2) is 48.5 Å². The Morgan fingerprint density at radius 2 is 1.83 bits per heavy atom. The number of fused-ring (bicyclic) bond motifs is 1. The molecule has 0 aliphatic heterocycles. The zero-order chi connectivity index (χ0) is 16.2. The predicted octanol–water partition coefficient (Wildman–Crippen LogP) is 2.07. The van der Waals surface area contributed by atoms with E-state index in [1.807, 2.05) is 24.3 Å². The first kappa shape index (κ1) is 14.7. The van der Waals surface area contributed by atoms with Crippen LogP contribution in [0.1, 0.15) is 10.4 Å². The molecule has 0 aliphatic carbocycles. The normalized spacial score (nSPS) is 10.5. The Balaban J connectivity index is 1.56. The minimum Gasteiger partial charge on any atom is -0.343 e. The van der Waals surface area contributed by atoms with E-state index in [1.165, 1.54) is 24.3 Å². The summed E-state index contributed by atoms with van der Waals surface area (Å²) >= 11 is 0. The van der Waals surface area contributed by atoms with Crippen molar-refractivity contribution < 1.29 is 14.0 Å². The summed E-state index contributed by atoms with van der Waals surface area (Å²) in [6.45, 7) is -0.215. The van der Waals surface area contributed by atoms with Crippen LogP contribution in [0.3, 0.4) is 0 Å². The molecular formula is C16H13FN4O2. The molecule has 2 amide bonds. The van der Waals surface area contributed by atoms with Gasteiger partial charge >= 0.3 is 0 Å². The molecule has 3 rings (SSSR count). The molecular weight excluding hydrogens is 299 g/mol. The van der Waals surface area contributed by atoms with E-state index in [1.54, 1.807) is 0 Å². The van der Waals surface area contributed by atoms with Crippen LogP contribution < -0.4 is 10.6 Å². The first-order valence-electron chi connectivity index (χ1n) is 6.90. The van der Waals surface area contributed by atoms with Crippen molar-refractivity contribution in [2.75, 3.05) is 11.9 Å².